The number of thiol groups is 1. The molecule has 0 radical (unpaired) electrons. The van der Waals surface area contributed by atoms with Crippen LogP contribution >= 0.6 is 12.6 Å². The molecule has 0 amide bonds. The van der Waals surface area contributed by atoms with Gasteiger partial charge in [-0.25, -0.2) is 0 Å². The lowest BCUT2D eigenvalue weighted by Gasteiger charge is -2.07. The molecule has 0 saturated carbocycles. The Kier molecular flexibility index (Phi) is 3.15. The molecule has 0 spiro atoms. The van der Waals surface area contributed by atoms with E-state index in [1.165, 1.54) is 12.1 Å². The van der Waals surface area contributed by atoms with Gasteiger partial charge in [0.1, 0.15) is 0 Å². The Morgan fingerprint density at radius 1 is 0.706 bits per heavy atom. The molecule has 88 valence electrons. The molecule has 0 atom stereocenters. The van der Waals surface area contributed by atoms with Crippen molar-refractivity contribution in [2.24, 2.45) is 0 Å². The lowest BCUT2D eigenvalue weighted by molar-refractivity contribution is -0.137. The molecule has 0 aliphatic carbocycles. The van der Waals surface area contributed by atoms with E-state index in [9.17, 15) is 13.2 Å². The summed E-state index contributed by atoms with van der Waals surface area (Å²) in [4.78, 5) is 0.820. The molecule has 0 aromatic heterocycles. The van der Waals surface area contributed by atoms with Gasteiger partial charge in [0, 0.05) is 4.90 Å². The second-order valence-corrected chi connectivity index (χ2v) is 4.14. The highest BCUT2D eigenvalue weighted by molar-refractivity contribution is 7.80. The lowest BCUT2D eigenvalue weighted by Crippen LogP contribution is -2.03. The van der Waals surface area contributed by atoms with E-state index < -0.39 is 11.7 Å². The van der Waals surface area contributed by atoms with Gasteiger partial charge in [-0.05, 0) is 35.4 Å². The van der Waals surface area contributed by atoms with Gasteiger partial charge in [0.2, 0.25) is 0 Å². The third-order valence-corrected chi connectivity index (χ3v) is 2.71. The molecule has 0 heterocycles. The highest BCUT2D eigenvalue weighted by atomic mass is 32.1. The van der Waals surface area contributed by atoms with Gasteiger partial charge in [-0.3, -0.25) is 0 Å². The molecular formula is C13H9F3S. The number of alkyl halides is 3. The van der Waals surface area contributed by atoms with Crippen LogP contribution in [-0.2, 0) is 6.18 Å². The monoisotopic (exact) mass is 254 g/mol. The molecule has 0 unspecified atom stereocenters. The minimum atomic E-state index is -4.28. The van der Waals surface area contributed by atoms with Crippen molar-refractivity contribution in [1.29, 1.82) is 0 Å². The van der Waals surface area contributed by atoms with E-state index in [0.29, 0.717) is 0 Å². The minimum Gasteiger partial charge on any atom is -0.166 e. The zero-order chi connectivity index (χ0) is 12.5. The summed E-state index contributed by atoms with van der Waals surface area (Å²) in [6.07, 6.45) is -4.28. The van der Waals surface area contributed by atoms with Crippen LogP contribution in [0.25, 0.3) is 11.1 Å². The Bertz CT molecular complexity index is 498. The zero-order valence-corrected chi connectivity index (χ0v) is 9.59. The van der Waals surface area contributed by atoms with Crippen molar-refractivity contribution in [3.05, 3.63) is 54.1 Å². The maximum Gasteiger partial charge on any atom is 0.416 e. The Labute approximate surface area is 103 Å². The zero-order valence-electron chi connectivity index (χ0n) is 8.70. The van der Waals surface area contributed by atoms with Crippen molar-refractivity contribution in [2.75, 3.05) is 0 Å². The molecule has 0 bridgehead atoms. The number of hydrogen-bond acceptors (Lipinski definition) is 1. The highest BCUT2D eigenvalue weighted by Crippen LogP contribution is 2.31. The standard InChI is InChI=1S/C13H9F3S/c14-13(15,16)11-5-1-9(2-6-11)10-3-7-12(17)8-4-10/h1-8,17H. The summed E-state index contributed by atoms with van der Waals surface area (Å²) in [6.45, 7) is 0. The smallest absolute Gasteiger partial charge is 0.166 e. The molecule has 0 nitrogen and oxygen atoms in total. The van der Waals surface area contributed by atoms with Gasteiger partial charge >= 0.3 is 6.18 Å². The second-order valence-electron chi connectivity index (χ2n) is 3.62. The second kappa shape index (κ2) is 4.45. The molecule has 2 rings (SSSR count). The highest BCUT2D eigenvalue weighted by Gasteiger charge is 2.29. The van der Waals surface area contributed by atoms with Gasteiger partial charge < -0.3 is 0 Å². The fraction of sp³-hybridized carbons (Fsp3) is 0.0769. The van der Waals surface area contributed by atoms with Crippen LogP contribution in [0.4, 0.5) is 13.2 Å². The number of halogens is 3. The lowest BCUT2D eigenvalue weighted by atomic mass is 10.0. The first-order chi connectivity index (χ1) is 7.97. The van der Waals surface area contributed by atoms with Crippen LogP contribution in [0.3, 0.4) is 0 Å². The summed E-state index contributed by atoms with van der Waals surface area (Å²) < 4.78 is 37.1. The number of rotatable bonds is 1. The molecule has 4 heteroatoms. The van der Waals surface area contributed by atoms with Gasteiger partial charge in [0.05, 0.1) is 5.56 Å². The largest absolute Gasteiger partial charge is 0.416 e. The molecule has 0 aliphatic rings. The fourth-order valence-electron chi connectivity index (χ4n) is 1.51. The Morgan fingerprint density at radius 3 is 1.53 bits per heavy atom. The Balaban J connectivity index is 2.33. The SMILES string of the molecule is FC(F)(F)c1ccc(-c2ccc(S)cc2)cc1. The van der Waals surface area contributed by atoms with Crippen LogP contribution < -0.4 is 0 Å². The van der Waals surface area contributed by atoms with E-state index >= 15 is 0 Å². The predicted molar refractivity (Wildman–Crippen MR) is 64.1 cm³/mol. The number of benzene rings is 2. The van der Waals surface area contributed by atoms with Crippen LogP contribution in [0.2, 0.25) is 0 Å². The normalized spacial score (nSPS) is 11.5. The average Bonchev–Trinajstić information content (AvgIpc) is 2.29. The van der Waals surface area contributed by atoms with Gasteiger partial charge in [-0.1, -0.05) is 24.3 Å². The van der Waals surface area contributed by atoms with Crippen LogP contribution in [0.1, 0.15) is 5.56 Å². The summed E-state index contributed by atoms with van der Waals surface area (Å²) in [6, 6.07) is 12.4. The molecule has 2 aromatic carbocycles. The number of hydrogen-bond donors (Lipinski definition) is 1. The van der Waals surface area contributed by atoms with Crippen LogP contribution in [0, 0.1) is 0 Å². The van der Waals surface area contributed by atoms with Crippen LogP contribution in [-0.4, -0.2) is 0 Å². The van der Waals surface area contributed by atoms with Crippen molar-refractivity contribution in [2.45, 2.75) is 11.1 Å². The van der Waals surface area contributed by atoms with Crippen molar-refractivity contribution < 1.29 is 13.2 Å². The van der Waals surface area contributed by atoms with E-state index in [2.05, 4.69) is 12.6 Å². The van der Waals surface area contributed by atoms with Crippen molar-refractivity contribution in [3.63, 3.8) is 0 Å². The fourth-order valence-corrected chi connectivity index (χ4v) is 1.65. The third-order valence-electron chi connectivity index (χ3n) is 2.41. The predicted octanol–water partition coefficient (Wildman–Crippen LogP) is 4.66. The van der Waals surface area contributed by atoms with Crippen molar-refractivity contribution >= 4 is 12.6 Å². The van der Waals surface area contributed by atoms with Gasteiger partial charge in [-0.15, -0.1) is 12.6 Å². The molecular weight excluding hydrogens is 245 g/mol. The quantitative estimate of drug-likeness (QED) is 0.703. The van der Waals surface area contributed by atoms with Crippen LogP contribution in [0.5, 0.6) is 0 Å². The molecule has 0 fully saturated rings. The van der Waals surface area contributed by atoms with Gasteiger partial charge in [-0.2, -0.15) is 13.2 Å². The first kappa shape index (κ1) is 12.0. The molecule has 0 saturated heterocycles. The van der Waals surface area contributed by atoms with Crippen molar-refractivity contribution in [3.8, 4) is 11.1 Å². The van der Waals surface area contributed by atoms with E-state index in [4.69, 9.17) is 0 Å². The third kappa shape index (κ3) is 2.82. The summed E-state index contributed by atoms with van der Waals surface area (Å²) >= 11 is 4.15. The van der Waals surface area contributed by atoms with E-state index in [1.807, 2.05) is 12.1 Å². The minimum absolute atomic E-state index is 0.632. The van der Waals surface area contributed by atoms with E-state index in [0.717, 1.165) is 28.2 Å². The summed E-state index contributed by atoms with van der Waals surface area (Å²) in [5, 5.41) is 0. The summed E-state index contributed by atoms with van der Waals surface area (Å²) in [5.41, 5.74) is 0.995. The maximum atomic E-state index is 12.4. The first-order valence-corrected chi connectivity index (χ1v) is 5.38. The molecule has 17 heavy (non-hydrogen) atoms. The average molecular weight is 254 g/mol. The molecule has 2 aromatic rings. The molecule has 0 N–H and O–H groups in total. The maximum absolute atomic E-state index is 12.4. The van der Waals surface area contributed by atoms with Gasteiger partial charge in [0.25, 0.3) is 0 Å². The summed E-state index contributed by atoms with van der Waals surface area (Å²) in [5.74, 6) is 0. The van der Waals surface area contributed by atoms with Gasteiger partial charge in [0.15, 0.2) is 0 Å². The molecule has 0 aliphatic heterocycles. The first-order valence-electron chi connectivity index (χ1n) is 4.93. The summed E-state index contributed by atoms with van der Waals surface area (Å²) in [7, 11) is 0. The van der Waals surface area contributed by atoms with Crippen LogP contribution in [0.15, 0.2) is 53.4 Å². The van der Waals surface area contributed by atoms with Crippen molar-refractivity contribution in [1.82, 2.24) is 0 Å². The Morgan fingerprint density at radius 2 is 1.12 bits per heavy atom. The van der Waals surface area contributed by atoms with E-state index in [-0.39, 0.29) is 0 Å². The topological polar surface area (TPSA) is 0 Å². The Hall–Kier alpha value is -1.42. The van der Waals surface area contributed by atoms with E-state index in [1.54, 1.807) is 12.1 Å².